The first kappa shape index (κ1) is 17.0. The highest BCUT2D eigenvalue weighted by atomic mass is 16.7. The molecule has 2 aliphatic heterocycles. The summed E-state index contributed by atoms with van der Waals surface area (Å²) in [5.74, 6) is 2.10. The van der Waals surface area contributed by atoms with Gasteiger partial charge in [0, 0.05) is 12.6 Å². The summed E-state index contributed by atoms with van der Waals surface area (Å²) in [4.78, 5) is 13.4. The van der Waals surface area contributed by atoms with E-state index >= 15 is 0 Å². The summed E-state index contributed by atoms with van der Waals surface area (Å²) in [5, 5.41) is 0. The average Bonchev–Trinajstić information content (AvgIpc) is 3.13. The van der Waals surface area contributed by atoms with Gasteiger partial charge in [0.1, 0.15) is 6.29 Å². The van der Waals surface area contributed by atoms with Gasteiger partial charge in [-0.05, 0) is 48.8 Å². The van der Waals surface area contributed by atoms with Crippen LogP contribution in [0.2, 0.25) is 0 Å². The van der Waals surface area contributed by atoms with Crippen molar-refractivity contribution in [1.29, 1.82) is 0 Å². The second kappa shape index (κ2) is 6.98. The zero-order valence-electron chi connectivity index (χ0n) is 14.8. The van der Waals surface area contributed by atoms with Gasteiger partial charge in [-0.1, -0.05) is 32.1 Å². The number of carbonyl (C=O) groups is 1. The van der Waals surface area contributed by atoms with Crippen LogP contribution in [0.4, 0.5) is 0 Å². The summed E-state index contributed by atoms with van der Waals surface area (Å²) in [7, 11) is 0. The van der Waals surface area contributed by atoms with Gasteiger partial charge < -0.3 is 14.3 Å². The van der Waals surface area contributed by atoms with Gasteiger partial charge in [-0.2, -0.15) is 0 Å². The van der Waals surface area contributed by atoms with E-state index in [4.69, 9.17) is 9.47 Å². The normalized spacial score (nSPS) is 24.0. The molecule has 2 aliphatic rings. The van der Waals surface area contributed by atoms with Gasteiger partial charge in [0.05, 0.1) is 6.54 Å². The zero-order chi connectivity index (χ0) is 17.2. The summed E-state index contributed by atoms with van der Waals surface area (Å²) >= 11 is 0. The lowest BCUT2D eigenvalue weighted by molar-refractivity contribution is -0.109. The number of aldehydes is 1. The van der Waals surface area contributed by atoms with Crippen LogP contribution < -0.4 is 9.47 Å². The standard InChI is InChI=1S/C20H27NO3/c1-4-7-20(2,3)12-17-10-16(13-21(17)8-9-22)15-5-6-18-19(11-15)24-14-23-18/h4-7,9,11,16-17H,8,10,12-14H2,1-3H3/b7-4+/t16?,17-/m1/s1. The van der Waals surface area contributed by atoms with E-state index in [1.165, 1.54) is 5.56 Å². The summed E-state index contributed by atoms with van der Waals surface area (Å²) in [6.45, 7) is 8.34. The first-order valence-electron chi connectivity index (χ1n) is 8.73. The number of carbonyl (C=O) groups excluding carboxylic acids is 1. The molecule has 24 heavy (non-hydrogen) atoms. The smallest absolute Gasteiger partial charge is 0.231 e. The van der Waals surface area contributed by atoms with E-state index < -0.39 is 0 Å². The third kappa shape index (κ3) is 3.64. The Morgan fingerprint density at radius 3 is 2.83 bits per heavy atom. The van der Waals surface area contributed by atoms with E-state index in [0.717, 1.165) is 37.2 Å². The van der Waals surface area contributed by atoms with Crippen molar-refractivity contribution in [3.63, 3.8) is 0 Å². The Hall–Kier alpha value is -1.81. The molecule has 4 nitrogen and oxygen atoms in total. The minimum Gasteiger partial charge on any atom is -0.454 e. The van der Waals surface area contributed by atoms with Crippen LogP contribution in [0.15, 0.2) is 30.4 Å². The summed E-state index contributed by atoms with van der Waals surface area (Å²) in [6, 6.07) is 6.66. The van der Waals surface area contributed by atoms with E-state index in [9.17, 15) is 4.79 Å². The second-order valence-electron chi connectivity index (χ2n) is 7.51. The lowest BCUT2D eigenvalue weighted by atomic mass is 9.83. The van der Waals surface area contributed by atoms with E-state index in [1.807, 2.05) is 6.07 Å². The zero-order valence-corrected chi connectivity index (χ0v) is 14.8. The number of hydrogen-bond donors (Lipinski definition) is 0. The molecule has 1 aromatic carbocycles. The SMILES string of the molecule is C/C=C/C(C)(C)C[C@H]1CC(c2ccc3c(c2)OCO3)CN1CC=O. The molecule has 1 unspecified atom stereocenters. The van der Waals surface area contributed by atoms with Crippen molar-refractivity contribution >= 4 is 6.29 Å². The molecule has 4 heteroatoms. The van der Waals surface area contributed by atoms with E-state index in [-0.39, 0.29) is 5.41 Å². The Bertz CT molecular complexity index is 623. The highest BCUT2D eigenvalue weighted by Crippen LogP contribution is 2.41. The van der Waals surface area contributed by atoms with Gasteiger partial charge in [-0.3, -0.25) is 4.90 Å². The largest absolute Gasteiger partial charge is 0.454 e. The lowest BCUT2D eigenvalue weighted by Crippen LogP contribution is -2.34. The van der Waals surface area contributed by atoms with Crippen LogP contribution in [0, 0.1) is 5.41 Å². The van der Waals surface area contributed by atoms with Crippen molar-refractivity contribution in [1.82, 2.24) is 4.90 Å². The number of benzene rings is 1. The second-order valence-corrected chi connectivity index (χ2v) is 7.51. The van der Waals surface area contributed by atoms with Crippen LogP contribution in [-0.4, -0.2) is 37.1 Å². The third-order valence-electron chi connectivity index (χ3n) is 5.08. The van der Waals surface area contributed by atoms with Crippen LogP contribution in [0.3, 0.4) is 0 Å². The molecule has 0 saturated carbocycles. The summed E-state index contributed by atoms with van der Waals surface area (Å²) in [6.07, 6.45) is 7.55. The molecular formula is C20H27NO3. The first-order chi connectivity index (χ1) is 11.5. The fraction of sp³-hybridized carbons (Fsp3) is 0.550. The Morgan fingerprint density at radius 1 is 1.29 bits per heavy atom. The minimum absolute atomic E-state index is 0.143. The summed E-state index contributed by atoms with van der Waals surface area (Å²) in [5.41, 5.74) is 1.42. The number of likely N-dealkylation sites (tertiary alicyclic amines) is 1. The number of ether oxygens (including phenoxy) is 2. The van der Waals surface area contributed by atoms with Gasteiger partial charge in [0.15, 0.2) is 11.5 Å². The van der Waals surface area contributed by atoms with Gasteiger partial charge >= 0.3 is 0 Å². The van der Waals surface area contributed by atoms with Crippen molar-refractivity contribution in [2.24, 2.45) is 5.41 Å². The number of hydrogen-bond acceptors (Lipinski definition) is 4. The lowest BCUT2D eigenvalue weighted by Gasteiger charge is -2.29. The molecule has 0 spiro atoms. The number of rotatable bonds is 6. The maximum absolute atomic E-state index is 11.1. The van der Waals surface area contributed by atoms with Crippen molar-refractivity contribution in [3.05, 3.63) is 35.9 Å². The number of fused-ring (bicyclic) bond motifs is 1. The van der Waals surface area contributed by atoms with Gasteiger partial charge in [0.2, 0.25) is 6.79 Å². The Kier molecular flexibility index (Phi) is 4.95. The number of allylic oxidation sites excluding steroid dienone is 2. The average molecular weight is 329 g/mol. The predicted octanol–water partition coefficient (Wildman–Crippen LogP) is 3.76. The molecule has 2 atom stereocenters. The Balaban J connectivity index is 1.75. The molecule has 1 fully saturated rings. The highest BCUT2D eigenvalue weighted by molar-refractivity contribution is 5.52. The van der Waals surface area contributed by atoms with Crippen molar-refractivity contribution in [3.8, 4) is 11.5 Å². The van der Waals surface area contributed by atoms with Crippen LogP contribution >= 0.6 is 0 Å². The van der Waals surface area contributed by atoms with E-state index in [2.05, 4.69) is 50.0 Å². The van der Waals surface area contributed by atoms with Crippen molar-refractivity contribution in [2.45, 2.75) is 45.6 Å². The van der Waals surface area contributed by atoms with Gasteiger partial charge in [-0.25, -0.2) is 0 Å². The fourth-order valence-corrected chi connectivity index (χ4v) is 4.05. The van der Waals surface area contributed by atoms with Crippen LogP contribution in [0.5, 0.6) is 11.5 Å². The first-order valence-corrected chi connectivity index (χ1v) is 8.73. The molecule has 0 aliphatic carbocycles. The number of nitrogens with zero attached hydrogens (tertiary/aromatic N) is 1. The molecule has 3 rings (SSSR count). The monoisotopic (exact) mass is 329 g/mol. The molecule has 130 valence electrons. The topological polar surface area (TPSA) is 38.8 Å². The van der Waals surface area contributed by atoms with Crippen LogP contribution in [0.25, 0.3) is 0 Å². The quantitative estimate of drug-likeness (QED) is 0.588. The minimum atomic E-state index is 0.143. The van der Waals surface area contributed by atoms with Crippen molar-refractivity contribution < 1.29 is 14.3 Å². The maximum Gasteiger partial charge on any atom is 0.231 e. The molecule has 0 radical (unpaired) electrons. The third-order valence-corrected chi connectivity index (χ3v) is 5.08. The molecule has 0 amide bonds. The molecule has 2 heterocycles. The summed E-state index contributed by atoms with van der Waals surface area (Å²) < 4.78 is 10.9. The van der Waals surface area contributed by atoms with Crippen LogP contribution in [0.1, 0.15) is 45.1 Å². The molecule has 1 saturated heterocycles. The maximum atomic E-state index is 11.1. The predicted molar refractivity (Wildman–Crippen MR) is 94.6 cm³/mol. The van der Waals surface area contributed by atoms with Crippen LogP contribution in [-0.2, 0) is 4.79 Å². The molecular weight excluding hydrogens is 302 g/mol. The van der Waals surface area contributed by atoms with E-state index in [1.54, 1.807) is 0 Å². The Morgan fingerprint density at radius 2 is 2.08 bits per heavy atom. The van der Waals surface area contributed by atoms with Crippen molar-refractivity contribution in [2.75, 3.05) is 19.9 Å². The van der Waals surface area contributed by atoms with Gasteiger partial charge in [-0.15, -0.1) is 0 Å². The van der Waals surface area contributed by atoms with Gasteiger partial charge in [0.25, 0.3) is 0 Å². The Labute approximate surface area is 144 Å². The van der Waals surface area contributed by atoms with E-state index in [0.29, 0.717) is 25.3 Å². The molecule has 0 bridgehead atoms. The molecule has 1 aromatic rings. The molecule has 0 N–H and O–H groups in total. The highest BCUT2D eigenvalue weighted by Gasteiger charge is 2.35. The fourth-order valence-electron chi connectivity index (χ4n) is 4.05. The molecule has 0 aromatic heterocycles.